The van der Waals surface area contributed by atoms with Crippen molar-refractivity contribution < 1.29 is 9.53 Å². The number of thioether (sulfide) groups is 1. The van der Waals surface area contributed by atoms with Crippen molar-refractivity contribution in [3.63, 3.8) is 0 Å². The van der Waals surface area contributed by atoms with E-state index in [0.717, 1.165) is 19.3 Å². The fourth-order valence-electron chi connectivity index (χ4n) is 2.64. The standard InChI is InChI=1S/C13H20N2O2S/c1-10-3-8-17-11(10)12(16)15-6-4-13(9-14,18-2)5-7-15/h10-11H,3-8H2,1-2H3. The second-order valence-electron chi connectivity index (χ2n) is 5.19. The molecule has 2 unspecified atom stereocenters. The molecule has 2 aliphatic heterocycles. The number of likely N-dealkylation sites (tertiary alicyclic amines) is 1. The Balaban J connectivity index is 1.94. The summed E-state index contributed by atoms with van der Waals surface area (Å²) in [5, 5.41) is 9.22. The van der Waals surface area contributed by atoms with E-state index in [1.165, 1.54) is 0 Å². The molecular formula is C13H20N2O2S. The maximum Gasteiger partial charge on any atom is 0.251 e. The monoisotopic (exact) mass is 268 g/mol. The summed E-state index contributed by atoms with van der Waals surface area (Å²) in [6.45, 7) is 4.12. The molecule has 18 heavy (non-hydrogen) atoms. The predicted molar refractivity (Wildman–Crippen MR) is 71.2 cm³/mol. The van der Waals surface area contributed by atoms with E-state index in [-0.39, 0.29) is 16.8 Å². The van der Waals surface area contributed by atoms with Crippen molar-refractivity contribution in [2.45, 2.75) is 37.0 Å². The minimum atomic E-state index is -0.293. The van der Waals surface area contributed by atoms with Crippen LogP contribution in [-0.4, -0.2) is 47.6 Å². The van der Waals surface area contributed by atoms with Crippen molar-refractivity contribution in [2.75, 3.05) is 26.0 Å². The van der Waals surface area contributed by atoms with Crippen molar-refractivity contribution in [2.24, 2.45) is 5.92 Å². The Morgan fingerprint density at radius 3 is 2.61 bits per heavy atom. The molecule has 2 atom stereocenters. The second kappa shape index (κ2) is 5.50. The van der Waals surface area contributed by atoms with Gasteiger partial charge in [0.15, 0.2) is 0 Å². The Kier molecular flexibility index (Phi) is 4.18. The van der Waals surface area contributed by atoms with Crippen LogP contribution < -0.4 is 0 Å². The zero-order valence-corrected chi connectivity index (χ0v) is 11.8. The van der Waals surface area contributed by atoms with Crippen LogP contribution in [0, 0.1) is 17.2 Å². The lowest BCUT2D eigenvalue weighted by Gasteiger charge is -2.37. The maximum absolute atomic E-state index is 12.3. The van der Waals surface area contributed by atoms with E-state index in [4.69, 9.17) is 4.74 Å². The van der Waals surface area contributed by atoms with Gasteiger partial charge in [-0.05, 0) is 31.4 Å². The van der Waals surface area contributed by atoms with Crippen molar-refractivity contribution >= 4 is 17.7 Å². The first-order valence-corrected chi connectivity index (χ1v) is 7.71. The highest BCUT2D eigenvalue weighted by atomic mass is 32.2. The Morgan fingerprint density at radius 1 is 1.50 bits per heavy atom. The summed E-state index contributed by atoms with van der Waals surface area (Å²) in [6.07, 6.45) is 4.21. The topological polar surface area (TPSA) is 53.3 Å². The molecule has 5 heteroatoms. The summed E-state index contributed by atoms with van der Waals surface area (Å²) in [5.41, 5.74) is 0. The number of carbonyl (C=O) groups excluding carboxylic acids is 1. The Bertz CT molecular complexity index is 358. The van der Waals surface area contributed by atoms with Crippen LogP contribution in [-0.2, 0) is 9.53 Å². The van der Waals surface area contributed by atoms with Gasteiger partial charge in [-0.15, -0.1) is 11.8 Å². The van der Waals surface area contributed by atoms with Crippen molar-refractivity contribution in [3.8, 4) is 6.07 Å². The largest absolute Gasteiger partial charge is 0.368 e. The zero-order valence-electron chi connectivity index (χ0n) is 11.0. The highest BCUT2D eigenvalue weighted by Crippen LogP contribution is 2.34. The molecule has 2 rings (SSSR count). The SMILES string of the molecule is CSC1(C#N)CCN(C(=O)C2OCCC2C)CC1. The number of hydrogen-bond donors (Lipinski definition) is 0. The molecule has 0 N–H and O–H groups in total. The number of carbonyl (C=O) groups is 1. The number of nitriles is 1. The fourth-order valence-corrected chi connectivity index (χ4v) is 3.32. The third-order valence-corrected chi connectivity index (χ3v) is 5.39. The summed E-state index contributed by atoms with van der Waals surface area (Å²) in [6, 6.07) is 2.40. The summed E-state index contributed by atoms with van der Waals surface area (Å²) in [4.78, 5) is 14.2. The molecule has 1 amide bonds. The lowest BCUT2D eigenvalue weighted by atomic mass is 9.95. The lowest BCUT2D eigenvalue weighted by molar-refractivity contribution is -0.143. The molecule has 0 spiro atoms. The van der Waals surface area contributed by atoms with E-state index in [0.29, 0.717) is 25.6 Å². The highest BCUT2D eigenvalue weighted by molar-refractivity contribution is 8.00. The molecule has 0 aliphatic carbocycles. The van der Waals surface area contributed by atoms with Crippen LogP contribution in [0.5, 0.6) is 0 Å². The van der Waals surface area contributed by atoms with E-state index in [9.17, 15) is 10.1 Å². The van der Waals surface area contributed by atoms with E-state index in [1.54, 1.807) is 11.8 Å². The number of nitrogens with zero attached hydrogens (tertiary/aromatic N) is 2. The normalized spacial score (nSPS) is 31.1. The molecule has 4 nitrogen and oxygen atoms in total. The highest BCUT2D eigenvalue weighted by Gasteiger charge is 2.39. The molecular weight excluding hydrogens is 248 g/mol. The molecule has 0 bridgehead atoms. The number of amides is 1. The molecule has 2 fully saturated rings. The maximum atomic E-state index is 12.3. The third kappa shape index (κ3) is 2.50. The van der Waals surface area contributed by atoms with Gasteiger partial charge < -0.3 is 9.64 Å². The first kappa shape index (κ1) is 13.7. The van der Waals surface area contributed by atoms with Crippen LogP contribution in [0.15, 0.2) is 0 Å². The smallest absolute Gasteiger partial charge is 0.251 e. The number of rotatable bonds is 2. The van der Waals surface area contributed by atoms with Gasteiger partial charge in [-0.2, -0.15) is 5.26 Å². The quantitative estimate of drug-likeness (QED) is 0.764. The van der Waals surface area contributed by atoms with Crippen LogP contribution in [0.25, 0.3) is 0 Å². The average Bonchev–Trinajstić information content (AvgIpc) is 2.84. The molecule has 0 aromatic heterocycles. The molecule has 0 radical (unpaired) electrons. The molecule has 100 valence electrons. The van der Waals surface area contributed by atoms with Gasteiger partial charge in [0.1, 0.15) is 10.9 Å². The molecule has 2 saturated heterocycles. The first-order chi connectivity index (χ1) is 8.62. The van der Waals surface area contributed by atoms with Gasteiger partial charge >= 0.3 is 0 Å². The molecule has 0 saturated carbocycles. The van der Waals surface area contributed by atoms with Crippen molar-refractivity contribution in [1.82, 2.24) is 4.90 Å². The van der Waals surface area contributed by atoms with Crippen LogP contribution in [0.4, 0.5) is 0 Å². The summed E-state index contributed by atoms with van der Waals surface area (Å²) < 4.78 is 5.23. The van der Waals surface area contributed by atoms with Crippen molar-refractivity contribution in [1.29, 1.82) is 5.26 Å². The van der Waals surface area contributed by atoms with Gasteiger partial charge in [-0.3, -0.25) is 4.79 Å². The summed E-state index contributed by atoms with van der Waals surface area (Å²) in [5.74, 6) is 0.438. The Labute approximate surface area is 113 Å². The Morgan fingerprint density at radius 2 is 2.17 bits per heavy atom. The minimum absolute atomic E-state index is 0.118. The van der Waals surface area contributed by atoms with E-state index >= 15 is 0 Å². The third-order valence-electron chi connectivity index (χ3n) is 4.11. The molecule has 2 heterocycles. The number of piperidine rings is 1. The van der Waals surface area contributed by atoms with E-state index < -0.39 is 0 Å². The van der Waals surface area contributed by atoms with E-state index in [1.807, 2.05) is 11.2 Å². The van der Waals surface area contributed by atoms with Crippen LogP contribution in [0.3, 0.4) is 0 Å². The van der Waals surface area contributed by atoms with Crippen molar-refractivity contribution in [3.05, 3.63) is 0 Å². The van der Waals surface area contributed by atoms with Gasteiger partial charge in [0.05, 0.1) is 6.07 Å². The Hall–Kier alpha value is -0.730. The predicted octanol–water partition coefficient (Wildman–Crippen LogP) is 1.66. The van der Waals surface area contributed by atoms with Crippen LogP contribution in [0.2, 0.25) is 0 Å². The lowest BCUT2D eigenvalue weighted by Crippen LogP contribution is -2.48. The van der Waals surface area contributed by atoms with Crippen LogP contribution >= 0.6 is 11.8 Å². The van der Waals surface area contributed by atoms with Gasteiger partial charge in [0.25, 0.3) is 5.91 Å². The van der Waals surface area contributed by atoms with Gasteiger partial charge in [0.2, 0.25) is 0 Å². The molecule has 2 aliphatic rings. The average molecular weight is 268 g/mol. The summed E-state index contributed by atoms with van der Waals surface area (Å²) >= 11 is 1.61. The summed E-state index contributed by atoms with van der Waals surface area (Å²) in [7, 11) is 0. The number of ether oxygens (including phenoxy) is 1. The van der Waals surface area contributed by atoms with Gasteiger partial charge in [-0.25, -0.2) is 0 Å². The van der Waals surface area contributed by atoms with E-state index in [2.05, 4.69) is 13.0 Å². The minimum Gasteiger partial charge on any atom is -0.368 e. The fraction of sp³-hybridized carbons (Fsp3) is 0.846. The first-order valence-electron chi connectivity index (χ1n) is 6.49. The second-order valence-corrected chi connectivity index (χ2v) is 6.38. The van der Waals surface area contributed by atoms with Crippen LogP contribution in [0.1, 0.15) is 26.2 Å². The molecule has 0 aromatic rings. The van der Waals surface area contributed by atoms with Gasteiger partial charge in [-0.1, -0.05) is 6.92 Å². The van der Waals surface area contributed by atoms with Gasteiger partial charge in [0, 0.05) is 19.7 Å². The zero-order chi connectivity index (χ0) is 13.2. The molecule has 0 aromatic carbocycles. The number of hydrogen-bond acceptors (Lipinski definition) is 4.